The van der Waals surface area contributed by atoms with E-state index in [-0.39, 0.29) is 5.41 Å². The van der Waals surface area contributed by atoms with E-state index in [9.17, 15) is 0 Å². The minimum atomic E-state index is 0.265. The first kappa shape index (κ1) is 13.1. The Balaban J connectivity index is 2.00. The zero-order valence-corrected chi connectivity index (χ0v) is 11.6. The van der Waals surface area contributed by atoms with Crippen molar-refractivity contribution in [2.45, 2.75) is 13.5 Å². The lowest BCUT2D eigenvalue weighted by Gasteiger charge is -2.40. The normalized spacial score (nSPS) is 18.2. The van der Waals surface area contributed by atoms with Gasteiger partial charge in [-0.05, 0) is 7.05 Å². The molecule has 17 heavy (non-hydrogen) atoms. The van der Waals surface area contributed by atoms with Crippen molar-refractivity contribution < 1.29 is 4.74 Å². The number of pyridine rings is 1. The summed E-state index contributed by atoms with van der Waals surface area (Å²) in [5.74, 6) is 0. The fourth-order valence-corrected chi connectivity index (χ4v) is 2.59. The zero-order chi connectivity index (χ0) is 12.5. The summed E-state index contributed by atoms with van der Waals surface area (Å²) in [5.41, 5.74) is 1.20. The van der Waals surface area contributed by atoms with Gasteiger partial charge in [-0.15, -0.1) is 0 Å². The van der Waals surface area contributed by atoms with Crippen molar-refractivity contribution in [1.29, 1.82) is 0 Å². The number of hydrogen-bond acceptors (Lipinski definition) is 3. The molecule has 1 aromatic rings. The Bertz CT molecular complexity index is 387. The first-order chi connectivity index (χ1) is 8.00. The molecule has 0 amide bonds. The van der Waals surface area contributed by atoms with E-state index in [4.69, 9.17) is 27.9 Å². The van der Waals surface area contributed by atoms with Crippen molar-refractivity contribution in [3.05, 3.63) is 28.0 Å². The molecule has 1 fully saturated rings. The van der Waals surface area contributed by atoms with Crippen LogP contribution in [0.25, 0.3) is 0 Å². The molecule has 1 aliphatic heterocycles. The number of aromatic nitrogens is 1. The van der Waals surface area contributed by atoms with Gasteiger partial charge in [-0.25, -0.2) is 0 Å². The largest absolute Gasteiger partial charge is 0.380 e. The average Bonchev–Trinajstić information content (AvgIpc) is 2.21. The number of rotatable bonds is 4. The fraction of sp³-hybridized carbons (Fsp3) is 0.583. The topological polar surface area (TPSA) is 25.4 Å². The lowest BCUT2D eigenvalue weighted by Crippen LogP contribution is -2.47. The number of hydrogen-bond donors (Lipinski definition) is 0. The SMILES string of the molecule is CN(Cc1c(Cl)cncc1Cl)CC1(C)COC1. The smallest absolute Gasteiger partial charge is 0.0649 e. The first-order valence-corrected chi connectivity index (χ1v) is 6.30. The van der Waals surface area contributed by atoms with Gasteiger partial charge in [0.25, 0.3) is 0 Å². The highest BCUT2D eigenvalue weighted by Gasteiger charge is 2.34. The maximum Gasteiger partial charge on any atom is 0.0649 e. The van der Waals surface area contributed by atoms with E-state index in [1.165, 1.54) is 0 Å². The van der Waals surface area contributed by atoms with E-state index in [0.29, 0.717) is 10.0 Å². The summed E-state index contributed by atoms with van der Waals surface area (Å²) >= 11 is 12.2. The molecule has 0 spiro atoms. The summed E-state index contributed by atoms with van der Waals surface area (Å²) in [5, 5.41) is 1.25. The van der Waals surface area contributed by atoms with Gasteiger partial charge in [0.05, 0.1) is 23.3 Å². The highest BCUT2D eigenvalue weighted by Crippen LogP contribution is 2.29. The molecule has 1 aliphatic rings. The van der Waals surface area contributed by atoms with Crippen LogP contribution < -0.4 is 0 Å². The Hall–Kier alpha value is -0.350. The molecule has 1 saturated heterocycles. The van der Waals surface area contributed by atoms with Gasteiger partial charge in [-0.3, -0.25) is 4.98 Å². The second-order valence-electron chi connectivity index (χ2n) is 5.06. The fourth-order valence-electron chi connectivity index (χ4n) is 2.11. The van der Waals surface area contributed by atoms with Gasteiger partial charge in [0.1, 0.15) is 0 Å². The van der Waals surface area contributed by atoms with Crippen LogP contribution in [-0.4, -0.2) is 36.7 Å². The summed E-state index contributed by atoms with van der Waals surface area (Å²) < 4.78 is 5.25. The van der Waals surface area contributed by atoms with Crippen molar-refractivity contribution in [1.82, 2.24) is 9.88 Å². The molecule has 2 heterocycles. The van der Waals surface area contributed by atoms with Crippen LogP contribution in [0.15, 0.2) is 12.4 Å². The van der Waals surface area contributed by atoms with Crippen molar-refractivity contribution in [2.24, 2.45) is 5.41 Å². The van der Waals surface area contributed by atoms with Gasteiger partial charge >= 0.3 is 0 Å². The Labute approximate surface area is 112 Å². The molecule has 5 heteroatoms. The second kappa shape index (κ2) is 5.11. The molecule has 2 rings (SSSR count). The molecular formula is C12H16Cl2N2O. The standard InChI is InChI=1S/C12H16Cl2N2O/c1-12(7-17-8-12)6-16(2)5-9-10(13)3-15-4-11(9)14/h3-4H,5-8H2,1-2H3. The molecular weight excluding hydrogens is 259 g/mol. The van der Waals surface area contributed by atoms with E-state index >= 15 is 0 Å². The molecule has 0 radical (unpaired) electrons. The molecule has 0 atom stereocenters. The molecule has 0 saturated carbocycles. The Kier molecular flexibility index (Phi) is 3.93. The van der Waals surface area contributed by atoms with Gasteiger partial charge in [0.2, 0.25) is 0 Å². The van der Waals surface area contributed by atoms with E-state index < -0.39 is 0 Å². The van der Waals surface area contributed by atoms with Gasteiger partial charge in [-0.2, -0.15) is 0 Å². The number of halogens is 2. The van der Waals surface area contributed by atoms with Crippen LogP contribution in [0, 0.1) is 5.41 Å². The summed E-state index contributed by atoms with van der Waals surface area (Å²) in [6.07, 6.45) is 3.26. The molecule has 1 aromatic heterocycles. The maximum atomic E-state index is 6.09. The van der Waals surface area contributed by atoms with Crippen LogP contribution in [0.1, 0.15) is 12.5 Å². The van der Waals surface area contributed by atoms with Crippen molar-refractivity contribution in [3.8, 4) is 0 Å². The number of ether oxygens (including phenoxy) is 1. The third kappa shape index (κ3) is 3.10. The predicted octanol–water partition coefficient (Wildman–Crippen LogP) is 2.86. The quantitative estimate of drug-likeness (QED) is 0.844. The summed E-state index contributed by atoms with van der Waals surface area (Å²) in [6.45, 7) is 5.59. The second-order valence-corrected chi connectivity index (χ2v) is 5.87. The first-order valence-electron chi connectivity index (χ1n) is 5.54. The maximum absolute atomic E-state index is 6.09. The van der Waals surface area contributed by atoms with Gasteiger partial charge < -0.3 is 9.64 Å². The van der Waals surface area contributed by atoms with Crippen LogP contribution in [0.2, 0.25) is 10.0 Å². The Morgan fingerprint density at radius 2 is 1.94 bits per heavy atom. The van der Waals surface area contributed by atoms with Gasteiger partial charge in [-0.1, -0.05) is 30.1 Å². The van der Waals surface area contributed by atoms with Gasteiger partial charge in [0.15, 0.2) is 0 Å². The minimum Gasteiger partial charge on any atom is -0.380 e. The van der Waals surface area contributed by atoms with Crippen molar-refractivity contribution >= 4 is 23.2 Å². The van der Waals surface area contributed by atoms with E-state index in [1.54, 1.807) is 12.4 Å². The Morgan fingerprint density at radius 3 is 2.41 bits per heavy atom. The van der Waals surface area contributed by atoms with Crippen LogP contribution in [0.3, 0.4) is 0 Å². The van der Waals surface area contributed by atoms with Crippen molar-refractivity contribution in [2.75, 3.05) is 26.8 Å². The van der Waals surface area contributed by atoms with Crippen LogP contribution in [0.5, 0.6) is 0 Å². The van der Waals surface area contributed by atoms with Crippen LogP contribution in [-0.2, 0) is 11.3 Å². The molecule has 0 bridgehead atoms. The zero-order valence-electron chi connectivity index (χ0n) is 10.0. The van der Waals surface area contributed by atoms with Crippen molar-refractivity contribution in [3.63, 3.8) is 0 Å². The summed E-state index contributed by atoms with van der Waals surface area (Å²) in [7, 11) is 2.07. The summed E-state index contributed by atoms with van der Waals surface area (Å²) in [6, 6.07) is 0. The van der Waals surface area contributed by atoms with E-state index in [1.807, 2.05) is 0 Å². The summed E-state index contributed by atoms with van der Waals surface area (Å²) in [4.78, 5) is 6.17. The third-order valence-corrected chi connectivity index (χ3v) is 3.58. The average molecular weight is 275 g/mol. The molecule has 3 nitrogen and oxygen atoms in total. The lowest BCUT2D eigenvalue weighted by molar-refractivity contribution is -0.113. The highest BCUT2D eigenvalue weighted by molar-refractivity contribution is 6.35. The molecule has 0 N–H and O–H groups in total. The van der Waals surface area contributed by atoms with Crippen LogP contribution in [0.4, 0.5) is 0 Å². The third-order valence-electron chi connectivity index (χ3n) is 2.93. The monoisotopic (exact) mass is 274 g/mol. The van der Waals surface area contributed by atoms with E-state index in [0.717, 1.165) is 31.9 Å². The minimum absolute atomic E-state index is 0.265. The lowest BCUT2D eigenvalue weighted by atomic mass is 9.88. The molecule has 94 valence electrons. The molecule has 0 aromatic carbocycles. The highest BCUT2D eigenvalue weighted by atomic mass is 35.5. The van der Waals surface area contributed by atoms with E-state index in [2.05, 4.69) is 23.9 Å². The molecule has 0 unspecified atom stereocenters. The van der Waals surface area contributed by atoms with Gasteiger partial charge in [0, 0.05) is 36.5 Å². The number of nitrogens with zero attached hydrogens (tertiary/aromatic N) is 2. The van der Waals surface area contributed by atoms with Crippen LogP contribution >= 0.6 is 23.2 Å². The molecule has 0 aliphatic carbocycles. The Morgan fingerprint density at radius 1 is 1.35 bits per heavy atom. The predicted molar refractivity (Wildman–Crippen MR) is 69.5 cm³/mol.